The number of rotatable bonds is 4. The first-order valence-corrected chi connectivity index (χ1v) is 6.08. The summed E-state index contributed by atoms with van der Waals surface area (Å²) < 4.78 is 0.831. The maximum Gasteiger partial charge on any atom is 0.253 e. The van der Waals surface area contributed by atoms with Crippen molar-refractivity contribution in [2.75, 3.05) is 6.61 Å². The zero-order valence-corrected chi connectivity index (χ0v) is 11.2. The number of halogens is 2. The van der Waals surface area contributed by atoms with Crippen molar-refractivity contribution in [3.8, 4) is 0 Å². The predicted octanol–water partition coefficient (Wildman–Crippen LogP) is 2.60. The van der Waals surface area contributed by atoms with E-state index in [0.717, 1.165) is 4.47 Å². The number of nitrogens with one attached hydrogen (secondary N) is 1. The van der Waals surface area contributed by atoms with Gasteiger partial charge in [0.1, 0.15) is 0 Å². The van der Waals surface area contributed by atoms with E-state index in [1.165, 1.54) is 0 Å². The van der Waals surface area contributed by atoms with Gasteiger partial charge in [0.05, 0.1) is 10.6 Å². The Balaban J connectivity index is 2.73. The largest absolute Gasteiger partial charge is 0.396 e. The minimum atomic E-state index is -0.224. The number of aliphatic hydroxyl groups is 1. The normalized spacial score (nSPS) is 12.2. The van der Waals surface area contributed by atoms with Crippen LogP contribution in [0.25, 0.3) is 0 Å². The van der Waals surface area contributed by atoms with Gasteiger partial charge in [0, 0.05) is 17.1 Å². The van der Waals surface area contributed by atoms with Crippen molar-refractivity contribution < 1.29 is 9.90 Å². The Hall–Kier alpha value is -0.580. The molecule has 1 amide bonds. The van der Waals surface area contributed by atoms with E-state index < -0.39 is 0 Å². The molecule has 1 unspecified atom stereocenters. The third-order valence-electron chi connectivity index (χ3n) is 2.12. The van der Waals surface area contributed by atoms with E-state index in [4.69, 9.17) is 16.7 Å². The second kappa shape index (κ2) is 6.23. The molecule has 5 heteroatoms. The van der Waals surface area contributed by atoms with Crippen LogP contribution in [0.4, 0.5) is 0 Å². The molecular formula is C11H13BrClNO2. The molecule has 1 aromatic rings. The first-order valence-electron chi connectivity index (χ1n) is 4.91. The molecule has 0 fully saturated rings. The van der Waals surface area contributed by atoms with Gasteiger partial charge in [-0.1, -0.05) is 27.5 Å². The summed E-state index contributed by atoms with van der Waals surface area (Å²) in [5, 5.41) is 11.9. The summed E-state index contributed by atoms with van der Waals surface area (Å²) in [5.41, 5.74) is 0.439. The molecular weight excluding hydrogens is 293 g/mol. The monoisotopic (exact) mass is 305 g/mol. The number of aliphatic hydroxyl groups excluding tert-OH is 1. The van der Waals surface area contributed by atoms with Gasteiger partial charge in [-0.15, -0.1) is 0 Å². The lowest BCUT2D eigenvalue weighted by atomic mass is 10.2. The van der Waals surface area contributed by atoms with Crippen LogP contribution in [0.5, 0.6) is 0 Å². The molecule has 0 bridgehead atoms. The van der Waals surface area contributed by atoms with E-state index in [-0.39, 0.29) is 18.6 Å². The van der Waals surface area contributed by atoms with Crippen LogP contribution in [-0.4, -0.2) is 23.7 Å². The second-order valence-electron chi connectivity index (χ2n) is 3.51. The van der Waals surface area contributed by atoms with Crippen LogP contribution in [0.1, 0.15) is 23.7 Å². The highest BCUT2D eigenvalue weighted by molar-refractivity contribution is 9.10. The lowest BCUT2D eigenvalue weighted by molar-refractivity contribution is 0.0934. The van der Waals surface area contributed by atoms with Crippen LogP contribution in [0.2, 0.25) is 5.02 Å². The summed E-state index contributed by atoms with van der Waals surface area (Å²) in [7, 11) is 0. The molecule has 1 rings (SSSR count). The van der Waals surface area contributed by atoms with Gasteiger partial charge in [0.15, 0.2) is 0 Å². The first-order chi connectivity index (χ1) is 7.54. The number of carbonyl (C=O) groups excluding carboxylic acids is 1. The van der Waals surface area contributed by atoms with Gasteiger partial charge in [-0.3, -0.25) is 4.79 Å². The van der Waals surface area contributed by atoms with Crippen molar-refractivity contribution in [1.29, 1.82) is 0 Å². The molecule has 0 radical (unpaired) electrons. The lowest BCUT2D eigenvalue weighted by Crippen LogP contribution is -2.33. The van der Waals surface area contributed by atoms with Gasteiger partial charge in [-0.2, -0.15) is 0 Å². The molecule has 16 heavy (non-hydrogen) atoms. The summed E-state index contributed by atoms with van der Waals surface area (Å²) in [6.07, 6.45) is 0.528. The highest BCUT2D eigenvalue weighted by Crippen LogP contribution is 2.21. The maximum absolute atomic E-state index is 11.8. The molecule has 0 aliphatic heterocycles. The zero-order chi connectivity index (χ0) is 12.1. The van der Waals surface area contributed by atoms with Crippen LogP contribution in [0.3, 0.4) is 0 Å². The number of hydrogen-bond acceptors (Lipinski definition) is 2. The van der Waals surface area contributed by atoms with E-state index in [2.05, 4.69) is 21.2 Å². The van der Waals surface area contributed by atoms with Gasteiger partial charge in [-0.05, 0) is 31.5 Å². The zero-order valence-electron chi connectivity index (χ0n) is 8.84. The van der Waals surface area contributed by atoms with Crippen LogP contribution in [0.15, 0.2) is 22.7 Å². The van der Waals surface area contributed by atoms with Crippen molar-refractivity contribution >= 4 is 33.4 Å². The Kier molecular flexibility index (Phi) is 5.25. The molecule has 3 nitrogen and oxygen atoms in total. The number of benzene rings is 1. The quantitative estimate of drug-likeness (QED) is 0.898. The van der Waals surface area contributed by atoms with E-state index in [9.17, 15) is 4.79 Å². The minimum absolute atomic E-state index is 0.0511. The van der Waals surface area contributed by atoms with Crippen LogP contribution < -0.4 is 5.32 Å². The molecule has 0 heterocycles. The highest BCUT2D eigenvalue weighted by Gasteiger charge is 2.12. The van der Waals surface area contributed by atoms with Crippen molar-refractivity contribution in [3.63, 3.8) is 0 Å². The number of hydrogen-bond donors (Lipinski definition) is 2. The second-order valence-corrected chi connectivity index (χ2v) is 4.83. The van der Waals surface area contributed by atoms with Crippen LogP contribution in [-0.2, 0) is 0 Å². The van der Waals surface area contributed by atoms with Crippen molar-refractivity contribution in [2.45, 2.75) is 19.4 Å². The molecule has 0 saturated heterocycles. The average molecular weight is 307 g/mol. The van der Waals surface area contributed by atoms with E-state index in [1.54, 1.807) is 18.2 Å². The van der Waals surface area contributed by atoms with Crippen molar-refractivity contribution in [2.24, 2.45) is 0 Å². The predicted molar refractivity (Wildman–Crippen MR) is 67.8 cm³/mol. The molecule has 0 saturated carbocycles. The van der Waals surface area contributed by atoms with Crippen LogP contribution >= 0.6 is 27.5 Å². The Bertz CT molecular complexity index is 384. The first kappa shape index (κ1) is 13.5. The minimum Gasteiger partial charge on any atom is -0.396 e. The van der Waals surface area contributed by atoms with Crippen molar-refractivity contribution in [3.05, 3.63) is 33.3 Å². The Morgan fingerprint density at radius 3 is 2.88 bits per heavy atom. The molecule has 0 aromatic heterocycles. The van der Waals surface area contributed by atoms with E-state index >= 15 is 0 Å². The molecule has 1 aromatic carbocycles. The summed E-state index contributed by atoms with van der Waals surface area (Å²) in [6.45, 7) is 1.89. The van der Waals surface area contributed by atoms with E-state index in [0.29, 0.717) is 17.0 Å². The average Bonchev–Trinajstić information content (AvgIpc) is 2.17. The molecule has 0 aliphatic rings. The number of amides is 1. The van der Waals surface area contributed by atoms with E-state index in [1.807, 2.05) is 6.92 Å². The maximum atomic E-state index is 11.8. The van der Waals surface area contributed by atoms with Gasteiger partial charge >= 0.3 is 0 Å². The van der Waals surface area contributed by atoms with Crippen LogP contribution in [0, 0.1) is 0 Å². The fourth-order valence-electron chi connectivity index (χ4n) is 1.24. The third kappa shape index (κ3) is 3.77. The van der Waals surface area contributed by atoms with Gasteiger partial charge in [-0.25, -0.2) is 0 Å². The topological polar surface area (TPSA) is 49.3 Å². The smallest absolute Gasteiger partial charge is 0.253 e. The molecule has 88 valence electrons. The van der Waals surface area contributed by atoms with Gasteiger partial charge in [0.25, 0.3) is 5.91 Å². The Morgan fingerprint density at radius 2 is 2.31 bits per heavy atom. The summed E-state index contributed by atoms with van der Waals surface area (Å²) >= 11 is 9.22. The fourth-order valence-corrected chi connectivity index (χ4v) is 2.00. The molecule has 2 N–H and O–H groups in total. The Labute approximate surface area is 108 Å². The number of carbonyl (C=O) groups is 1. The molecule has 0 aliphatic carbocycles. The molecule has 0 spiro atoms. The third-order valence-corrected chi connectivity index (χ3v) is 2.92. The van der Waals surface area contributed by atoms with Crippen molar-refractivity contribution in [1.82, 2.24) is 5.32 Å². The SMILES string of the molecule is CC(CCO)NC(=O)c1ccc(Br)cc1Cl. The molecule has 1 atom stereocenters. The highest BCUT2D eigenvalue weighted by atomic mass is 79.9. The van der Waals surface area contributed by atoms with Gasteiger partial charge < -0.3 is 10.4 Å². The summed E-state index contributed by atoms with van der Waals surface area (Å²) in [6, 6.07) is 5.02. The van der Waals surface area contributed by atoms with Gasteiger partial charge in [0.2, 0.25) is 0 Å². The lowest BCUT2D eigenvalue weighted by Gasteiger charge is -2.13. The summed E-state index contributed by atoms with van der Waals surface area (Å²) in [4.78, 5) is 11.8. The standard InChI is InChI=1S/C11H13BrClNO2/c1-7(4-5-15)14-11(16)9-3-2-8(12)6-10(9)13/h2-3,6-7,15H,4-5H2,1H3,(H,14,16). The fraction of sp³-hybridized carbons (Fsp3) is 0.364. The Morgan fingerprint density at radius 1 is 1.62 bits per heavy atom. The summed E-state index contributed by atoms with van der Waals surface area (Å²) in [5.74, 6) is -0.224.